The van der Waals surface area contributed by atoms with Gasteiger partial charge in [0.15, 0.2) is 0 Å². The number of benzene rings is 2. The van der Waals surface area contributed by atoms with Crippen LogP contribution in [0.15, 0.2) is 47.3 Å². The monoisotopic (exact) mass is 463 g/mol. The van der Waals surface area contributed by atoms with E-state index in [1.165, 1.54) is 6.92 Å². The van der Waals surface area contributed by atoms with Crippen molar-refractivity contribution >= 4 is 11.8 Å². The van der Waals surface area contributed by atoms with E-state index in [1.54, 1.807) is 44.0 Å². The summed E-state index contributed by atoms with van der Waals surface area (Å²) in [5, 5.41) is 3.48. The lowest BCUT2D eigenvalue weighted by Gasteiger charge is -2.25. The van der Waals surface area contributed by atoms with Crippen LogP contribution in [0, 0.1) is 0 Å². The second kappa shape index (κ2) is 9.59. The summed E-state index contributed by atoms with van der Waals surface area (Å²) in [5.41, 5.74) is 3.51. The van der Waals surface area contributed by atoms with Crippen molar-refractivity contribution in [3.8, 4) is 22.8 Å². The van der Waals surface area contributed by atoms with E-state index < -0.39 is 0 Å². The quantitative estimate of drug-likeness (QED) is 0.535. The fourth-order valence-electron chi connectivity index (χ4n) is 4.49. The molecule has 8 nitrogen and oxygen atoms in total. The van der Waals surface area contributed by atoms with Crippen LogP contribution in [0.2, 0.25) is 0 Å². The first-order valence-corrected chi connectivity index (χ1v) is 11.2. The van der Waals surface area contributed by atoms with Gasteiger partial charge in [0.05, 0.1) is 26.0 Å². The minimum Gasteiger partial charge on any atom is -0.497 e. The molecule has 0 fully saturated rings. The molecule has 0 saturated heterocycles. The van der Waals surface area contributed by atoms with Gasteiger partial charge in [0, 0.05) is 32.0 Å². The molecule has 178 valence electrons. The Labute approximate surface area is 198 Å². The first kappa shape index (κ1) is 23.4. The number of aryl methyl sites for hydroxylation is 1. The Hall–Kier alpha value is -3.81. The number of hydrogen-bond donors (Lipinski definition) is 1. The van der Waals surface area contributed by atoms with E-state index in [0.717, 1.165) is 16.8 Å². The van der Waals surface area contributed by atoms with E-state index in [0.29, 0.717) is 41.4 Å². The second-order valence-electron chi connectivity index (χ2n) is 8.21. The minimum atomic E-state index is -0.379. The van der Waals surface area contributed by atoms with Crippen molar-refractivity contribution in [1.29, 1.82) is 0 Å². The molecule has 1 unspecified atom stereocenters. The van der Waals surface area contributed by atoms with Crippen molar-refractivity contribution < 1.29 is 19.0 Å². The lowest BCUT2D eigenvalue weighted by Crippen LogP contribution is -2.31. The number of anilines is 1. The number of esters is 1. The third kappa shape index (κ3) is 4.23. The van der Waals surface area contributed by atoms with Gasteiger partial charge < -0.3 is 19.5 Å². The minimum absolute atomic E-state index is 0.265. The number of nitrogens with one attached hydrogen (secondary N) is 1. The molecule has 0 aliphatic heterocycles. The number of carbonyl (C=O) groups is 1. The SMILES string of the molecule is CCc1nc(-c2ccc(OC)cc2OC)c(=O)n(C)c1NC1c2ccccc2C[C@@H]1OC(C)=O. The molecule has 8 heteroatoms. The Morgan fingerprint density at radius 1 is 1.18 bits per heavy atom. The summed E-state index contributed by atoms with van der Waals surface area (Å²) >= 11 is 0. The van der Waals surface area contributed by atoms with Gasteiger partial charge in [0.2, 0.25) is 0 Å². The molecule has 0 spiro atoms. The highest BCUT2D eigenvalue weighted by molar-refractivity contribution is 5.69. The number of aromatic nitrogens is 2. The highest BCUT2D eigenvalue weighted by Gasteiger charge is 2.35. The molecule has 1 aliphatic carbocycles. The lowest BCUT2D eigenvalue weighted by molar-refractivity contribution is -0.146. The predicted octanol–water partition coefficient (Wildman–Crippen LogP) is 3.67. The Bertz CT molecular complexity index is 1280. The molecule has 0 radical (unpaired) electrons. The van der Waals surface area contributed by atoms with Crippen LogP contribution in [-0.4, -0.2) is 35.8 Å². The molecule has 2 aromatic carbocycles. The zero-order chi connectivity index (χ0) is 24.4. The summed E-state index contributed by atoms with van der Waals surface area (Å²) in [6.07, 6.45) is 0.822. The highest BCUT2D eigenvalue weighted by atomic mass is 16.5. The number of rotatable bonds is 7. The molecule has 2 atom stereocenters. The summed E-state index contributed by atoms with van der Waals surface area (Å²) in [7, 11) is 4.84. The topological polar surface area (TPSA) is 91.7 Å². The lowest BCUT2D eigenvalue weighted by atomic mass is 10.1. The number of nitrogens with zero attached hydrogens (tertiary/aromatic N) is 2. The summed E-state index contributed by atoms with van der Waals surface area (Å²) in [6, 6.07) is 13.0. The average molecular weight is 464 g/mol. The zero-order valence-electron chi connectivity index (χ0n) is 20.0. The standard InChI is InChI=1S/C26H29N3O5/c1-6-20-25(28-23-18-10-8-7-9-16(18)13-22(23)34-15(2)30)29(3)26(31)24(27-20)19-12-11-17(32-4)14-21(19)33-5/h7-12,14,22-23,28H,6,13H2,1-5H3/t22-,23?/m0/s1. The van der Waals surface area contributed by atoms with E-state index >= 15 is 0 Å². The van der Waals surface area contributed by atoms with Crippen LogP contribution in [0.5, 0.6) is 11.5 Å². The van der Waals surface area contributed by atoms with Gasteiger partial charge in [-0.25, -0.2) is 4.98 Å². The Kier molecular flexibility index (Phi) is 6.58. The highest BCUT2D eigenvalue weighted by Crippen LogP contribution is 2.37. The van der Waals surface area contributed by atoms with Gasteiger partial charge in [0.25, 0.3) is 5.56 Å². The Morgan fingerprint density at radius 3 is 2.62 bits per heavy atom. The molecule has 34 heavy (non-hydrogen) atoms. The zero-order valence-corrected chi connectivity index (χ0v) is 20.0. The van der Waals surface area contributed by atoms with Crippen molar-refractivity contribution in [1.82, 2.24) is 9.55 Å². The van der Waals surface area contributed by atoms with E-state index in [4.69, 9.17) is 19.2 Å². The molecular formula is C26H29N3O5. The second-order valence-corrected chi connectivity index (χ2v) is 8.21. The van der Waals surface area contributed by atoms with Gasteiger partial charge >= 0.3 is 5.97 Å². The van der Waals surface area contributed by atoms with Crippen LogP contribution in [0.25, 0.3) is 11.3 Å². The van der Waals surface area contributed by atoms with Gasteiger partial charge in [0.1, 0.15) is 29.1 Å². The van der Waals surface area contributed by atoms with E-state index in [9.17, 15) is 9.59 Å². The fraction of sp³-hybridized carbons (Fsp3) is 0.346. The van der Waals surface area contributed by atoms with Crippen molar-refractivity contribution in [3.05, 3.63) is 69.6 Å². The smallest absolute Gasteiger partial charge is 0.302 e. The number of ether oxygens (including phenoxy) is 3. The summed E-state index contributed by atoms with van der Waals surface area (Å²) in [6.45, 7) is 3.39. The number of carbonyl (C=O) groups excluding carboxylic acids is 1. The van der Waals surface area contributed by atoms with Gasteiger partial charge in [-0.3, -0.25) is 14.2 Å². The molecule has 0 bridgehead atoms. The first-order valence-electron chi connectivity index (χ1n) is 11.2. The molecule has 3 aromatic rings. The molecular weight excluding hydrogens is 434 g/mol. The maximum atomic E-state index is 13.4. The maximum absolute atomic E-state index is 13.4. The summed E-state index contributed by atoms with van der Waals surface area (Å²) < 4.78 is 18.0. The molecule has 1 aliphatic rings. The number of methoxy groups -OCH3 is 2. The Morgan fingerprint density at radius 2 is 1.94 bits per heavy atom. The summed E-state index contributed by atoms with van der Waals surface area (Å²) in [5.74, 6) is 1.39. The number of hydrogen-bond acceptors (Lipinski definition) is 7. The molecule has 1 aromatic heterocycles. The van der Waals surface area contributed by atoms with Crippen LogP contribution in [0.3, 0.4) is 0 Å². The molecule has 4 rings (SSSR count). The Balaban J connectivity index is 1.79. The van der Waals surface area contributed by atoms with Crippen LogP contribution in [0.4, 0.5) is 5.82 Å². The van der Waals surface area contributed by atoms with Crippen molar-refractivity contribution in [2.24, 2.45) is 7.05 Å². The van der Waals surface area contributed by atoms with Crippen molar-refractivity contribution in [2.45, 2.75) is 38.8 Å². The first-order chi connectivity index (χ1) is 16.4. The average Bonchev–Trinajstić information content (AvgIpc) is 3.18. The fourth-order valence-corrected chi connectivity index (χ4v) is 4.49. The van der Waals surface area contributed by atoms with E-state index in [1.807, 2.05) is 31.2 Å². The maximum Gasteiger partial charge on any atom is 0.302 e. The summed E-state index contributed by atoms with van der Waals surface area (Å²) in [4.78, 5) is 30.0. The van der Waals surface area contributed by atoms with Crippen molar-refractivity contribution in [3.63, 3.8) is 0 Å². The molecule has 0 amide bonds. The predicted molar refractivity (Wildman–Crippen MR) is 129 cm³/mol. The molecule has 1 heterocycles. The molecule has 0 saturated carbocycles. The van der Waals surface area contributed by atoms with E-state index in [2.05, 4.69) is 5.32 Å². The third-order valence-corrected chi connectivity index (χ3v) is 6.15. The van der Waals surface area contributed by atoms with Crippen molar-refractivity contribution in [2.75, 3.05) is 19.5 Å². The molecule has 1 N–H and O–H groups in total. The van der Waals surface area contributed by atoms with Gasteiger partial charge in [-0.2, -0.15) is 0 Å². The number of fused-ring (bicyclic) bond motifs is 1. The van der Waals surface area contributed by atoms with Gasteiger partial charge in [-0.05, 0) is 29.7 Å². The van der Waals surface area contributed by atoms with Crippen LogP contribution < -0.4 is 20.3 Å². The van der Waals surface area contributed by atoms with Crippen LogP contribution >= 0.6 is 0 Å². The van der Waals surface area contributed by atoms with Gasteiger partial charge in [-0.15, -0.1) is 0 Å². The van der Waals surface area contributed by atoms with Gasteiger partial charge in [-0.1, -0.05) is 31.2 Å². The van der Waals surface area contributed by atoms with E-state index in [-0.39, 0.29) is 23.7 Å². The largest absolute Gasteiger partial charge is 0.497 e. The van der Waals surface area contributed by atoms with Crippen LogP contribution in [0.1, 0.15) is 36.7 Å². The normalized spacial score (nSPS) is 16.6. The van der Waals surface area contributed by atoms with Crippen LogP contribution in [-0.2, 0) is 29.4 Å². The third-order valence-electron chi connectivity index (χ3n) is 6.15.